The molecule has 1 atom stereocenters. The number of aliphatic hydroxyl groups is 1. The van der Waals surface area contributed by atoms with Crippen LogP contribution in [0.4, 0.5) is 0 Å². The molecule has 0 fully saturated rings. The average Bonchev–Trinajstić information content (AvgIpc) is 2.36. The third kappa shape index (κ3) is 4.52. The lowest BCUT2D eigenvalue weighted by molar-refractivity contribution is 0.0696. The maximum absolute atomic E-state index is 12.3. The lowest BCUT2D eigenvalue weighted by Crippen LogP contribution is -2.29. The quantitative estimate of drug-likeness (QED) is 0.703. The van der Waals surface area contributed by atoms with Crippen molar-refractivity contribution in [3.8, 4) is 0 Å². The molecule has 0 aliphatic heterocycles. The van der Waals surface area contributed by atoms with Crippen molar-refractivity contribution in [2.75, 3.05) is 13.2 Å². The second kappa shape index (κ2) is 7.02. The Bertz CT molecular complexity index is 624. The van der Waals surface area contributed by atoms with Crippen LogP contribution in [0.1, 0.15) is 34.8 Å². The Morgan fingerprint density at radius 1 is 1.29 bits per heavy atom. The third-order valence-corrected chi connectivity index (χ3v) is 4.85. The fourth-order valence-corrected chi connectivity index (χ4v) is 3.42. The van der Waals surface area contributed by atoms with Crippen molar-refractivity contribution >= 4 is 16.0 Å². The second-order valence-corrected chi connectivity index (χ2v) is 6.94. The molecular formula is C14H21NO5S. The molecule has 7 heteroatoms. The molecule has 0 aromatic heterocycles. The minimum absolute atomic E-state index is 0.00435. The van der Waals surface area contributed by atoms with Crippen LogP contribution in [0.15, 0.2) is 17.0 Å². The highest BCUT2D eigenvalue weighted by atomic mass is 32.2. The van der Waals surface area contributed by atoms with Gasteiger partial charge in [-0.3, -0.25) is 0 Å². The van der Waals surface area contributed by atoms with E-state index in [1.807, 2.05) is 6.92 Å². The fourth-order valence-electron chi connectivity index (χ4n) is 2.00. The topological polar surface area (TPSA) is 104 Å². The molecule has 0 saturated carbocycles. The van der Waals surface area contributed by atoms with Crippen molar-refractivity contribution in [2.24, 2.45) is 5.92 Å². The van der Waals surface area contributed by atoms with Crippen molar-refractivity contribution < 1.29 is 23.4 Å². The lowest BCUT2D eigenvalue weighted by Gasteiger charge is -2.14. The summed E-state index contributed by atoms with van der Waals surface area (Å²) in [5.41, 5.74) is 0.997. The van der Waals surface area contributed by atoms with E-state index in [2.05, 4.69) is 4.72 Å². The van der Waals surface area contributed by atoms with Gasteiger partial charge >= 0.3 is 5.97 Å². The first-order valence-corrected chi connectivity index (χ1v) is 8.12. The van der Waals surface area contributed by atoms with Gasteiger partial charge in [0.15, 0.2) is 0 Å². The fraction of sp³-hybridized carbons (Fsp3) is 0.500. The first-order valence-electron chi connectivity index (χ1n) is 6.64. The Hall–Kier alpha value is -1.44. The van der Waals surface area contributed by atoms with E-state index in [0.717, 1.165) is 0 Å². The van der Waals surface area contributed by atoms with Crippen LogP contribution >= 0.6 is 0 Å². The first-order chi connectivity index (χ1) is 9.69. The van der Waals surface area contributed by atoms with Gasteiger partial charge in [0.1, 0.15) is 0 Å². The van der Waals surface area contributed by atoms with E-state index in [4.69, 9.17) is 10.2 Å². The molecule has 0 saturated heterocycles. The zero-order chi connectivity index (χ0) is 16.2. The van der Waals surface area contributed by atoms with E-state index < -0.39 is 16.0 Å². The van der Waals surface area contributed by atoms with Gasteiger partial charge in [0.05, 0.1) is 10.5 Å². The summed E-state index contributed by atoms with van der Waals surface area (Å²) in [4.78, 5) is 11.1. The number of benzene rings is 1. The number of nitrogens with one attached hydrogen (secondary N) is 1. The number of hydrogen-bond acceptors (Lipinski definition) is 4. The normalized spacial score (nSPS) is 13.1. The third-order valence-electron chi connectivity index (χ3n) is 3.29. The van der Waals surface area contributed by atoms with Gasteiger partial charge in [-0.2, -0.15) is 0 Å². The van der Waals surface area contributed by atoms with Gasteiger partial charge < -0.3 is 10.2 Å². The Kier molecular flexibility index (Phi) is 5.88. The van der Waals surface area contributed by atoms with E-state index in [1.54, 1.807) is 19.9 Å². The molecule has 1 unspecified atom stereocenters. The molecule has 1 aromatic carbocycles. The van der Waals surface area contributed by atoms with Crippen LogP contribution in [0.5, 0.6) is 0 Å². The molecule has 1 aromatic rings. The largest absolute Gasteiger partial charge is 0.478 e. The zero-order valence-electron chi connectivity index (χ0n) is 12.4. The molecule has 0 radical (unpaired) electrons. The Morgan fingerprint density at radius 2 is 1.90 bits per heavy atom. The van der Waals surface area contributed by atoms with Gasteiger partial charge in [0, 0.05) is 13.2 Å². The lowest BCUT2D eigenvalue weighted by atomic mass is 10.1. The predicted octanol–water partition coefficient (Wildman–Crippen LogP) is 1.30. The number of aryl methyl sites for hydroxylation is 2. The Balaban J connectivity index is 3.08. The van der Waals surface area contributed by atoms with Crippen molar-refractivity contribution in [1.29, 1.82) is 0 Å². The van der Waals surface area contributed by atoms with Gasteiger partial charge in [-0.15, -0.1) is 0 Å². The Morgan fingerprint density at radius 3 is 2.43 bits per heavy atom. The number of rotatable bonds is 7. The molecule has 0 aliphatic carbocycles. The summed E-state index contributed by atoms with van der Waals surface area (Å²) in [6.45, 7) is 5.27. The van der Waals surface area contributed by atoms with Gasteiger partial charge in [-0.05, 0) is 43.4 Å². The number of aromatic carboxylic acids is 1. The summed E-state index contributed by atoms with van der Waals surface area (Å²) in [7, 11) is -3.77. The summed E-state index contributed by atoms with van der Waals surface area (Å²) in [5.74, 6) is -1.16. The first kappa shape index (κ1) is 17.6. The van der Waals surface area contributed by atoms with Crippen molar-refractivity contribution in [1.82, 2.24) is 4.72 Å². The second-order valence-electron chi connectivity index (χ2n) is 5.21. The van der Waals surface area contributed by atoms with E-state index in [9.17, 15) is 13.2 Å². The average molecular weight is 315 g/mol. The SMILES string of the molecule is Cc1cc(C)c(S(=O)(=O)NCC(C)CCO)cc1C(=O)O. The van der Waals surface area contributed by atoms with Crippen molar-refractivity contribution in [2.45, 2.75) is 32.1 Å². The van der Waals surface area contributed by atoms with E-state index in [1.165, 1.54) is 6.07 Å². The zero-order valence-corrected chi connectivity index (χ0v) is 13.2. The highest BCUT2D eigenvalue weighted by molar-refractivity contribution is 7.89. The maximum Gasteiger partial charge on any atom is 0.335 e. The molecule has 0 bridgehead atoms. The molecule has 21 heavy (non-hydrogen) atoms. The highest BCUT2D eigenvalue weighted by Gasteiger charge is 2.21. The predicted molar refractivity (Wildman–Crippen MR) is 78.9 cm³/mol. The van der Waals surface area contributed by atoms with Gasteiger partial charge in [-0.1, -0.05) is 13.0 Å². The van der Waals surface area contributed by atoms with Crippen molar-refractivity contribution in [3.05, 3.63) is 28.8 Å². The number of sulfonamides is 1. The summed E-state index contributed by atoms with van der Waals surface area (Å²) >= 11 is 0. The molecular weight excluding hydrogens is 294 g/mol. The number of carboxylic acids is 1. The summed E-state index contributed by atoms with van der Waals surface area (Å²) in [6, 6.07) is 2.74. The summed E-state index contributed by atoms with van der Waals surface area (Å²) in [5, 5.41) is 17.9. The van der Waals surface area contributed by atoms with Gasteiger partial charge in [-0.25, -0.2) is 17.9 Å². The van der Waals surface area contributed by atoms with E-state index in [0.29, 0.717) is 17.5 Å². The number of carbonyl (C=O) groups is 1. The van der Waals surface area contributed by atoms with Crippen LogP contribution in [-0.4, -0.2) is 37.8 Å². The van der Waals surface area contributed by atoms with Crippen molar-refractivity contribution in [3.63, 3.8) is 0 Å². The van der Waals surface area contributed by atoms with Crippen LogP contribution < -0.4 is 4.72 Å². The van der Waals surface area contributed by atoms with Gasteiger partial charge in [0.25, 0.3) is 0 Å². The molecule has 0 spiro atoms. The van der Waals surface area contributed by atoms with Crippen LogP contribution in [0, 0.1) is 19.8 Å². The molecule has 118 valence electrons. The number of aliphatic hydroxyl groups excluding tert-OH is 1. The molecule has 0 amide bonds. The van der Waals surface area contributed by atoms with Crippen LogP contribution in [0.25, 0.3) is 0 Å². The molecule has 1 rings (SSSR count). The smallest absolute Gasteiger partial charge is 0.335 e. The van der Waals surface area contributed by atoms with Crippen LogP contribution in [0.3, 0.4) is 0 Å². The van der Waals surface area contributed by atoms with Crippen LogP contribution in [-0.2, 0) is 10.0 Å². The molecule has 3 N–H and O–H groups in total. The minimum atomic E-state index is -3.77. The number of carboxylic acid groups (broad SMARTS) is 1. The monoisotopic (exact) mass is 315 g/mol. The van der Waals surface area contributed by atoms with Gasteiger partial charge in [0.2, 0.25) is 10.0 Å². The minimum Gasteiger partial charge on any atom is -0.478 e. The molecule has 0 heterocycles. The molecule has 0 aliphatic rings. The van der Waals surface area contributed by atoms with E-state index >= 15 is 0 Å². The molecule has 6 nitrogen and oxygen atoms in total. The maximum atomic E-state index is 12.3. The standard InChI is InChI=1S/C14H21NO5S/c1-9(4-5-16)8-15-21(19,20)13-7-12(14(17)18)10(2)6-11(13)3/h6-7,9,15-16H,4-5,8H2,1-3H3,(H,17,18). The Labute approximate surface area is 124 Å². The summed E-state index contributed by atoms with van der Waals surface area (Å²) < 4.78 is 27.0. The van der Waals surface area contributed by atoms with E-state index in [-0.39, 0.29) is 29.5 Å². The highest BCUT2D eigenvalue weighted by Crippen LogP contribution is 2.20. The number of hydrogen-bond donors (Lipinski definition) is 3. The summed E-state index contributed by atoms with van der Waals surface area (Å²) in [6.07, 6.45) is 0.496. The van der Waals surface area contributed by atoms with Crippen LogP contribution in [0.2, 0.25) is 0 Å².